The normalized spacial score (nSPS) is 17.8. The minimum absolute atomic E-state index is 0.149. The van der Waals surface area contributed by atoms with Gasteiger partial charge in [0.25, 0.3) is 5.91 Å². The first-order valence-corrected chi connectivity index (χ1v) is 8.56. The van der Waals surface area contributed by atoms with E-state index < -0.39 is 0 Å². The van der Waals surface area contributed by atoms with E-state index in [1.807, 2.05) is 24.9 Å². The van der Waals surface area contributed by atoms with Gasteiger partial charge in [0.15, 0.2) is 5.69 Å². The molecule has 0 aliphatic carbocycles. The first kappa shape index (κ1) is 16.8. The molecule has 1 aliphatic heterocycles. The van der Waals surface area contributed by atoms with Gasteiger partial charge in [-0.25, -0.2) is 9.97 Å². The summed E-state index contributed by atoms with van der Waals surface area (Å²) in [7, 11) is 0. The number of imidazole rings is 1. The second-order valence-electron chi connectivity index (χ2n) is 5.84. The van der Waals surface area contributed by atoms with Crippen LogP contribution in [-0.2, 0) is 0 Å². The lowest BCUT2D eigenvalue weighted by Gasteiger charge is -2.33. The Morgan fingerprint density at radius 1 is 1.46 bits per heavy atom. The topological polar surface area (TPSA) is 60.2 Å². The average Bonchev–Trinajstić information content (AvgIpc) is 3.02. The Labute approximate surface area is 146 Å². The lowest BCUT2D eigenvalue weighted by atomic mass is 10.0. The Hall–Kier alpha value is -2.08. The fourth-order valence-electron chi connectivity index (χ4n) is 3.09. The van der Waals surface area contributed by atoms with E-state index in [0.29, 0.717) is 30.6 Å². The second kappa shape index (κ2) is 7.21. The van der Waals surface area contributed by atoms with Gasteiger partial charge in [-0.05, 0) is 32.8 Å². The lowest BCUT2D eigenvalue weighted by Crippen LogP contribution is -2.41. The van der Waals surface area contributed by atoms with Crippen molar-refractivity contribution >= 4 is 17.5 Å². The number of hydrogen-bond acceptors (Lipinski definition) is 4. The van der Waals surface area contributed by atoms with Crippen molar-refractivity contribution in [2.45, 2.75) is 32.7 Å². The summed E-state index contributed by atoms with van der Waals surface area (Å²) in [4.78, 5) is 23.2. The summed E-state index contributed by atoms with van der Waals surface area (Å²) in [6, 6.07) is 3.57. The van der Waals surface area contributed by atoms with Crippen LogP contribution < -0.4 is 4.74 Å². The molecule has 1 amide bonds. The molecule has 24 heavy (non-hydrogen) atoms. The summed E-state index contributed by atoms with van der Waals surface area (Å²) in [6.45, 7) is 5.69. The van der Waals surface area contributed by atoms with Gasteiger partial charge < -0.3 is 14.2 Å². The summed E-state index contributed by atoms with van der Waals surface area (Å²) in [5.74, 6) is 1.23. The van der Waals surface area contributed by atoms with Crippen LogP contribution in [0.1, 0.15) is 42.1 Å². The first-order valence-electron chi connectivity index (χ1n) is 8.18. The van der Waals surface area contributed by atoms with Gasteiger partial charge in [-0.15, -0.1) is 0 Å². The van der Waals surface area contributed by atoms with Crippen LogP contribution in [0.3, 0.4) is 0 Å². The van der Waals surface area contributed by atoms with Crippen molar-refractivity contribution in [2.24, 2.45) is 0 Å². The number of aryl methyl sites for hydroxylation is 1. The van der Waals surface area contributed by atoms with E-state index in [1.54, 1.807) is 18.3 Å². The maximum absolute atomic E-state index is 12.9. The SMILES string of the molecule is CCOc1ccc(Cl)c(C(=O)N2CCC[C@H](n3ccnc3C)C2)n1. The maximum atomic E-state index is 12.9. The number of amides is 1. The van der Waals surface area contributed by atoms with Crippen molar-refractivity contribution < 1.29 is 9.53 Å². The van der Waals surface area contributed by atoms with Gasteiger partial charge in [0.2, 0.25) is 5.88 Å². The fraction of sp³-hybridized carbons (Fsp3) is 0.471. The second-order valence-corrected chi connectivity index (χ2v) is 6.25. The molecule has 1 fully saturated rings. The number of pyridine rings is 1. The Bertz CT molecular complexity index is 731. The van der Waals surface area contributed by atoms with Crippen LogP contribution in [0.2, 0.25) is 5.02 Å². The molecular formula is C17H21ClN4O2. The maximum Gasteiger partial charge on any atom is 0.274 e. The van der Waals surface area contributed by atoms with Crippen molar-refractivity contribution in [2.75, 3.05) is 19.7 Å². The van der Waals surface area contributed by atoms with E-state index in [9.17, 15) is 4.79 Å². The number of nitrogens with zero attached hydrogens (tertiary/aromatic N) is 4. The fourth-order valence-corrected chi connectivity index (χ4v) is 3.28. The van der Waals surface area contributed by atoms with Crippen LogP contribution in [0.25, 0.3) is 0 Å². The molecule has 0 radical (unpaired) electrons. The molecule has 0 N–H and O–H groups in total. The van der Waals surface area contributed by atoms with Gasteiger partial charge in [-0.1, -0.05) is 11.6 Å². The van der Waals surface area contributed by atoms with E-state index in [4.69, 9.17) is 16.3 Å². The number of carbonyl (C=O) groups excluding carboxylic acids is 1. The van der Waals surface area contributed by atoms with Crippen LogP contribution in [0, 0.1) is 6.92 Å². The highest BCUT2D eigenvalue weighted by Gasteiger charge is 2.28. The largest absolute Gasteiger partial charge is 0.478 e. The molecule has 0 saturated carbocycles. The van der Waals surface area contributed by atoms with Crippen molar-refractivity contribution in [3.05, 3.63) is 41.1 Å². The smallest absolute Gasteiger partial charge is 0.274 e. The minimum atomic E-state index is -0.149. The minimum Gasteiger partial charge on any atom is -0.478 e. The number of likely N-dealkylation sites (tertiary alicyclic amines) is 1. The average molecular weight is 349 g/mol. The predicted octanol–water partition coefficient (Wildman–Crippen LogP) is 3.12. The molecule has 0 spiro atoms. The molecule has 1 saturated heterocycles. The highest BCUT2D eigenvalue weighted by atomic mass is 35.5. The Kier molecular flexibility index (Phi) is 5.04. The highest BCUT2D eigenvalue weighted by Crippen LogP contribution is 2.26. The molecule has 0 unspecified atom stereocenters. The predicted molar refractivity (Wildman–Crippen MR) is 91.6 cm³/mol. The van der Waals surface area contributed by atoms with Crippen LogP contribution in [0.5, 0.6) is 5.88 Å². The van der Waals surface area contributed by atoms with E-state index >= 15 is 0 Å². The number of piperidine rings is 1. The number of carbonyl (C=O) groups is 1. The molecular weight excluding hydrogens is 328 g/mol. The van der Waals surface area contributed by atoms with Crippen LogP contribution in [-0.4, -0.2) is 45.0 Å². The van der Waals surface area contributed by atoms with Gasteiger partial charge in [0.1, 0.15) is 5.82 Å². The van der Waals surface area contributed by atoms with Crippen molar-refractivity contribution in [3.63, 3.8) is 0 Å². The summed E-state index contributed by atoms with van der Waals surface area (Å²) in [6.07, 6.45) is 5.73. The quantitative estimate of drug-likeness (QED) is 0.851. The van der Waals surface area contributed by atoms with Crippen LogP contribution in [0.15, 0.2) is 24.5 Å². The van der Waals surface area contributed by atoms with Gasteiger partial charge in [-0.2, -0.15) is 0 Å². The van der Waals surface area contributed by atoms with Gasteiger partial charge in [0, 0.05) is 31.5 Å². The molecule has 1 aliphatic rings. The van der Waals surface area contributed by atoms with Crippen molar-refractivity contribution in [1.82, 2.24) is 19.4 Å². The molecule has 0 aromatic carbocycles. The van der Waals surface area contributed by atoms with Crippen LogP contribution >= 0.6 is 11.6 Å². The van der Waals surface area contributed by atoms with Crippen LogP contribution in [0.4, 0.5) is 0 Å². The molecule has 7 heteroatoms. The molecule has 0 bridgehead atoms. The van der Waals surface area contributed by atoms with E-state index in [-0.39, 0.29) is 17.6 Å². The van der Waals surface area contributed by atoms with Gasteiger partial charge in [-0.3, -0.25) is 4.79 Å². The van der Waals surface area contributed by atoms with E-state index in [2.05, 4.69) is 14.5 Å². The summed E-state index contributed by atoms with van der Waals surface area (Å²) in [5.41, 5.74) is 0.255. The monoisotopic (exact) mass is 348 g/mol. The standard InChI is InChI=1S/C17H21ClN4O2/c1-3-24-15-7-6-14(18)16(20-15)17(23)21-9-4-5-13(11-21)22-10-8-19-12(22)2/h6-8,10,13H,3-5,9,11H2,1-2H3/t13-/m0/s1. The summed E-state index contributed by atoms with van der Waals surface area (Å²) in [5, 5.41) is 0.351. The molecule has 3 heterocycles. The third kappa shape index (κ3) is 3.38. The Morgan fingerprint density at radius 2 is 2.29 bits per heavy atom. The molecule has 2 aromatic heterocycles. The lowest BCUT2D eigenvalue weighted by molar-refractivity contribution is 0.0671. The van der Waals surface area contributed by atoms with Gasteiger partial charge in [0.05, 0.1) is 17.7 Å². The zero-order chi connectivity index (χ0) is 17.1. The molecule has 1 atom stereocenters. The number of halogens is 1. The third-order valence-corrected chi connectivity index (χ3v) is 4.56. The summed E-state index contributed by atoms with van der Waals surface area (Å²) >= 11 is 6.19. The molecule has 2 aromatic rings. The third-order valence-electron chi connectivity index (χ3n) is 4.25. The van der Waals surface area contributed by atoms with Crippen molar-refractivity contribution in [3.8, 4) is 5.88 Å². The Morgan fingerprint density at radius 3 is 3.00 bits per heavy atom. The van der Waals surface area contributed by atoms with Crippen molar-refractivity contribution in [1.29, 1.82) is 0 Å². The Balaban J connectivity index is 1.79. The van der Waals surface area contributed by atoms with E-state index in [0.717, 1.165) is 18.7 Å². The van der Waals surface area contributed by atoms with Gasteiger partial charge >= 0.3 is 0 Å². The number of aromatic nitrogens is 3. The zero-order valence-electron chi connectivity index (χ0n) is 13.9. The highest BCUT2D eigenvalue weighted by molar-refractivity contribution is 6.33. The van der Waals surface area contributed by atoms with E-state index in [1.165, 1.54) is 0 Å². The molecule has 128 valence electrons. The number of rotatable bonds is 4. The summed E-state index contributed by atoms with van der Waals surface area (Å²) < 4.78 is 7.51. The zero-order valence-corrected chi connectivity index (χ0v) is 14.7. The first-order chi connectivity index (χ1) is 11.6. The molecule has 3 rings (SSSR count). The number of ether oxygens (including phenoxy) is 1. The molecule has 6 nitrogen and oxygen atoms in total. The number of hydrogen-bond donors (Lipinski definition) is 0.